The number of primary amides is 1. The number of carbonyl (C=O) groups excluding carboxylic acids is 2. The lowest BCUT2D eigenvalue weighted by Gasteiger charge is -2.31. The van der Waals surface area contributed by atoms with Crippen molar-refractivity contribution < 1.29 is 9.59 Å². The van der Waals surface area contributed by atoms with E-state index >= 15 is 0 Å². The van der Waals surface area contributed by atoms with Crippen LogP contribution < -0.4 is 10.6 Å². The van der Waals surface area contributed by atoms with Crippen molar-refractivity contribution in [2.24, 2.45) is 11.7 Å². The summed E-state index contributed by atoms with van der Waals surface area (Å²) in [5.74, 6) is 0.554. The van der Waals surface area contributed by atoms with Crippen LogP contribution in [-0.2, 0) is 11.2 Å². The summed E-state index contributed by atoms with van der Waals surface area (Å²) in [7, 11) is 0. The number of anilines is 1. The van der Waals surface area contributed by atoms with E-state index in [1.54, 1.807) is 6.20 Å². The number of Topliss-reactive ketones (excluding diaryl/α,β-unsaturated/α-hetero) is 1. The van der Waals surface area contributed by atoms with Gasteiger partial charge in [0, 0.05) is 31.6 Å². The number of rotatable bonds is 2. The monoisotopic (exact) mass is 274 g/mol. The van der Waals surface area contributed by atoms with E-state index in [0.717, 1.165) is 44.5 Å². The fraction of sp³-hybridized carbons (Fsp3) is 0.571. The molecular weight excluding hydrogens is 256 g/mol. The summed E-state index contributed by atoms with van der Waals surface area (Å²) < 4.78 is 0. The summed E-state index contributed by atoms with van der Waals surface area (Å²) in [6.45, 7) is 1.47. The molecule has 0 saturated carbocycles. The number of aryl methyl sites for hydroxylation is 1. The third kappa shape index (κ3) is 2.37. The smallest absolute Gasteiger partial charge is 0.225 e. The van der Waals surface area contributed by atoms with E-state index in [-0.39, 0.29) is 17.6 Å². The van der Waals surface area contributed by atoms with E-state index in [0.29, 0.717) is 17.9 Å². The van der Waals surface area contributed by atoms with Gasteiger partial charge in [-0.05, 0) is 25.7 Å². The fourth-order valence-corrected chi connectivity index (χ4v) is 2.90. The Morgan fingerprint density at radius 3 is 2.75 bits per heavy atom. The number of carbonyl (C=O) groups is 2. The van der Waals surface area contributed by atoms with Gasteiger partial charge in [-0.25, -0.2) is 9.97 Å². The number of hydrogen-bond acceptors (Lipinski definition) is 5. The first-order valence-electron chi connectivity index (χ1n) is 7.08. The van der Waals surface area contributed by atoms with Crippen molar-refractivity contribution in [1.82, 2.24) is 9.97 Å². The minimum atomic E-state index is -0.221. The lowest BCUT2D eigenvalue weighted by atomic mass is 9.95. The maximum absolute atomic E-state index is 11.7. The van der Waals surface area contributed by atoms with Crippen LogP contribution in [0.5, 0.6) is 0 Å². The van der Waals surface area contributed by atoms with Crippen molar-refractivity contribution in [2.45, 2.75) is 32.1 Å². The molecule has 106 valence electrons. The molecule has 1 fully saturated rings. The minimum absolute atomic E-state index is 0.0366. The molecule has 0 atom stereocenters. The third-order valence-electron chi connectivity index (χ3n) is 4.15. The maximum atomic E-state index is 11.7. The first-order valence-corrected chi connectivity index (χ1v) is 7.08. The Kier molecular flexibility index (Phi) is 3.38. The summed E-state index contributed by atoms with van der Waals surface area (Å²) in [6.07, 6.45) is 5.45. The van der Waals surface area contributed by atoms with Crippen molar-refractivity contribution >= 4 is 17.6 Å². The molecule has 0 bridgehead atoms. The molecule has 0 aromatic carbocycles. The number of fused-ring (bicyclic) bond motifs is 1. The van der Waals surface area contributed by atoms with Crippen LogP contribution in [0.2, 0.25) is 0 Å². The van der Waals surface area contributed by atoms with Gasteiger partial charge in [0.1, 0.15) is 0 Å². The van der Waals surface area contributed by atoms with E-state index in [1.807, 2.05) is 0 Å². The van der Waals surface area contributed by atoms with E-state index in [4.69, 9.17) is 5.73 Å². The molecule has 3 rings (SSSR count). The Bertz CT molecular complexity index is 550. The van der Waals surface area contributed by atoms with E-state index in [1.165, 1.54) is 0 Å². The van der Waals surface area contributed by atoms with Gasteiger partial charge in [0.15, 0.2) is 5.78 Å². The van der Waals surface area contributed by atoms with Crippen molar-refractivity contribution in [3.8, 4) is 0 Å². The van der Waals surface area contributed by atoms with Crippen molar-refractivity contribution in [2.75, 3.05) is 18.0 Å². The number of piperidine rings is 1. The lowest BCUT2D eigenvalue weighted by Crippen LogP contribution is -2.39. The van der Waals surface area contributed by atoms with Gasteiger partial charge < -0.3 is 10.6 Å². The Morgan fingerprint density at radius 2 is 2.05 bits per heavy atom. The normalized spacial score (nSPS) is 19.8. The third-order valence-corrected chi connectivity index (χ3v) is 4.15. The molecule has 2 heterocycles. The minimum Gasteiger partial charge on any atom is -0.369 e. The van der Waals surface area contributed by atoms with Gasteiger partial charge in [0.2, 0.25) is 11.9 Å². The molecule has 1 aliphatic carbocycles. The zero-order chi connectivity index (χ0) is 14.1. The molecule has 0 radical (unpaired) electrons. The highest BCUT2D eigenvalue weighted by Crippen LogP contribution is 2.24. The molecule has 1 amide bonds. The Morgan fingerprint density at radius 1 is 1.30 bits per heavy atom. The van der Waals surface area contributed by atoms with Crippen LogP contribution in [0.4, 0.5) is 5.95 Å². The van der Waals surface area contributed by atoms with Crippen molar-refractivity contribution in [3.63, 3.8) is 0 Å². The number of aromatic nitrogens is 2. The Hall–Kier alpha value is -1.98. The SMILES string of the molecule is NC(=O)C1CCN(c2ncc3c(n2)CCCC3=O)CC1. The molecule has 6 heteroatoms. The zero-order valence-corrected chi connectivity index (χ0v) is 11.3. The zero-order valence-electron chi connectivity index (χ0n) is 11.3. The predicted octanol–water partition coefficient (Wildman–Crippen LogP) is 0.697. The molecule has 6 nitrogen and oxygen atoms in total. The van der Waals surface area contributed by atoms with Gasteiger partial charge in [-0.1, -0.05) is 0 Å². The van der Waals surface area contributed by atoms with E-state index in [9.17, 15) is 9.59 Å². The lowest BCUT2D eigenvalue weighted by molar-refractivity contribution is -0.122. The first kappa shape index (κ1) is 13.0. The molecule has 2 aliphatic rings. The van der Waals surface area contributed by atoms with Gasteiger partial charge >= 0.3 is 0 Å². The molecule has 0 spiro atoms. The summed E-state index contributed by atoms with van der Waals surface area (Å²) in [5, 5.41) is 0. The summed E-state index contributed by atoms with van der Waals surface area (Å²) >= 11 is 0. The second kappa shape index (κ2) is 5.19. The summed E-state index contributed by atoms with van der Waals surface area (Å²) in [6, 6.07) is 0. The summed E-state index contributed by atoms with van der Waals surface area (Å²) in [4.78, 5) is 33.8. The second-order valence-electron chi connectivity index (χ2n) is 5.47. The highest BCUT2D eigenvalue weighted by molar-refractivity contribution is 5.97. The van der Waals surface area contributed by atoms with Gasteiger partial charge in [-0.3, -0.25) is 9.59 Å². The van der Waals surface area contributed by atoms with E-state index in [2.05, 4.69) is 14.9 Å². The average Bonchev–Trinajstić information content (AvgIpc) is 2.47. The largest absolute Gasteiger partial charge is 0.369 e. The van der Waals surface area contributed by atoms with Crippen LogP contribution >= 0.6 is 0 Å². The highest BCUT2D eigenvalue weighted by Gasteiger charge is 2.26. The molecule has 1 saturated heterocycles. The molecular formula is C14H18N4O2. The maximum Gasteiger partial charge on any atom is 0.225 e. The van der Waals surface area contributed by atoms with Gasteiger partial charge in [-0.2, -0.15) is 0 Å². The van der Waals surface area contributed by atoms with Crippen LogP contribution in [0.15, 0.2) is 6.20 Å². The molecule has 0 unspecified atom stereocenters. The van der Waals surface area contributed by atoms with Crippen molar-refractivity contribution in [3.05, 3.63) is 17.5 Å². The molecule has 1 aromatic rings. The fourth-order valence-electron chi connectivity index (χ4n) is 2.90. The number of amides is 1. The van der Waals surface area contributed by atoms with Crippen LogP contribution in [0, 0.1) is 5.92 Å². The van der Waals surface area contributed by atoms with Crippen LogP contribution in [-0.4, -0.2) is 34.7 Å². The predicted molar refractivity (Wildman–Crippen MR) is 73.4 cm³/mol. The van der Waals surface area contributed by atoms with Gasteiger partial charge in [0.25, 0.3) is 0 Å². The van der Waals surface area contributed by atoms with Gasteiger partial charge in [0.05, 0.1) is 11.3 Å². The quantitative estimate of drug-likeness (QED) is 0.857. The highest BCUT2D eigenvalue weighted by atomic mass is 16.1. The average molecular weight is 274 g/mol. The Balaban J connectivity index is 1.76. The number of nitrogens with zero attached hydrogens (tertiary/aromatic N) is 3. The number of nitrogens with two attached hydrogens (primary N) is 1. The van der Waals surface area contributed by atoms with Crippen LogP contribution in [0.3, 0.4) is 0 Å². The molecule has 1 aromatic heterocycles. The summed E-state index contributed by atoms with van der Waals surface area (Å²) in [5.41, 5.74) is 6.87. The molecule has 1 aliphatic heterocycles. The van der Waals surface area contributed by atoms with Crippen molar-refractivity contribution in [1.29, 1.82) is 0 Å². The standard InChI is InChI=1S/C14H18N4O2/c15-13(20)9-4-6-18(7-5-9)14-16-8-10-11(17-14)2-1-3-12(10)19/h8-9H,1-7H2,(H2,15,20). The number of hydrogen-bond donors (Lipinski definition) is 1. The van der Waals surface area contributed by atoms with Gasteiger partial charge in [-0.15, -0.1) is 0 Å². The van der Waals surface area contributed by atoms with Crippen LogP contribution in [0.1, 0.15) is 41.7 Å². The Labute approximate surface area is 117 Å². The number of ketones is 1. The first-order chi connectivity index (χ1) is 9.65. The molecule has 20 heavy (non-hydrogen) atoms. The topological polar surface area (TPSA) is 89.2 Å². The second-order valence-corrected chi connectivity index (χ2v) is 5.47. The van der Waals surface area contributed by atoms with E-state index < -0.39 is 0 Å². The van der Waals surface area contributed by atoms with Crippen LogP contribution in [0.25, 0.3) is 0 Å². The molecule has 2 N–H and O–H groups in total.